The van der Waals surface area contributed by atoms with Crippen molar-refractivity contribution < 1.29 is 9.47 Å². The molecule has 2 aliphatic heterocycles. The second kappa shape index (κ2) is 9.62. The molecule has 2 aliphatic rings. The van der Waals surface area contributed by atoms with Crippen molar-refractivity contribution in [2.75, 3.05) is 26.7 Å². The first kappa shape index (κ1) is 19.5. The molecule has 8 nitrogen and oxygen atoms in total. The molecule has 2 aromatic rings. The normalized spacial score (nSPS) is 18.7. The molecular formula is C21H30N6O2. The summed E-state index contributed by atoms with van der Waals surface area (Å²) in [5.74, 6) is 4.63. The van der Waals surface area contributed by atoms with Crippen molar-refractivity contribution in [2.24, 2.45) is 4.99 Å². The Kier molecular flexibility index (Phi) is 6.49. The van der Waals surface area contributed by atoms with Crippen LogP contribution in [-0.2, 0) is 19.4 Å². The molecule has 0 saturated carbocycles. The lowest BCUT2D eigenvalue weighted by Gasteiger charge is -2.27. The number of ether oxygens (including phenoxy) is 2. The summed E-state index contributed by atoms with van der Waals surface area (Å²) in [6.45, 7) is 3.04. The lowest BCUT2D eigenvalue weighted by molar-refractivity contribution is 0.0936. The number of aliphatic imine (C=N–C) groups is 1. The van der Waals surface area contributed by atoms with Crippen LogP contribution in [0.5, 0.6) is 11.5 Å². The van der Waals surface area contributed by atoms with Gasteiger partial charge in [-0.25, -0.2) is 0 Å². The molecule has 0 amide bonds. The summed E-state index contributed by atoms with van der Waals surface area (Å²) < 4.78 is 14.0. The van der Waals surface area contributed by atoms with Crippen LogP contribution in [0.1, 0.15) is 37.3 Å². The Bertz CT molecular complexity index is 834. The average molecular weight is 399 g/mol. The average Bonchev–Trinajstić information content (AvgIpc) is 2.99. The van der Waals surface area contributed by atoms with Crippen molar-refractivity contribution >= 4 is 5.96 Å². The Labute approximate surface area is 171 Å². The molecule has 0 spiro atoms. The maximum atomic E-state index is 5.98. The fraction of sp³-hybridized carbons (Fsp3) is 0.571. The topological polar surface area (TPSA) is 85.6 Å². The Hall–Kier alpha value is -2.77. The minimum Gasteiger partial charge on any atom is -0.486 e. The lowest BCUT2D eigenvalue weighted by Crippen LogP contribution is -2.45. The largest absolute Gasteiger partial charge is 0.486 e. The van der Waals surface area contributed by atoms with Gasteiger partial charge in [0.15, 0.2) is 17.5 Å². The van der Waals surface area contributed by atoms with Crippen molar-refractivity contribution in [1.82, 2.24) is 25.4 Å². The summed E-state index contributed by atoms with van der Waals surface area (Å²) in [5.41, 5.74) is 0. The lowest BCUT2D eigenvalue weighted by atomic mass is 10.2. The van der Waals surface area contributed by atoms with Gasteiger partial charge >= 0.3 is 0 Å². The fourth-order valence-electron chi connectivity index (χ4n) is 3.78. The van der Waals surface area contributed by atoms with Gasteiger partial charge in [0.1, 0.15) is 24.4 Å². The van der Waals surface area contributed by atoms with Crippen LogP contribution >= 0.6 is 0 Å². The molecule has 1 aromatic heterocycles. The molecule has 8 heteroatoms. The van der Waals surface area contributed by atoms with Crippen molar-refractivity contribution in [3.05, 3.63) is 35.9 Å². The SMILES string of the molecule is CN=C(NCCCc1nnc2n1CCCCC2)NCC1COc2ccccc2O1. The van der Waals surface area contributed by atoms with Crippen molar-refractivity contribution in [2.45, 2.75) is 51.2 Å². The van der Waals surface area contributed by atoms with Gasteiger partial charge in [0.05, 0.1) is 6.54 Å². The van der Waals surface area contributed by atoms with Crippen molar-refractivity contribution in [3.8, 4) is 11.5 Å². The van der Waals surface area contributed by atoms with Gasteiger partial charge in [-0.05, 0) is 31.4 Å². The summed E-state index contributed by atoms with van der Waals surface area (Å²) in [5, 5.41) is 15.5. The molecule has 1 unspecified atom stereocenters. The Morgan fingerprint density at radius 1 is 1.17 bits per heavy atom. The highest BCUT2D eigenvalue weighted by Gasteiger charge is 2.20. The molecule has 0 radical (unpaired) electrons. The summed E-state index contributed by atoms with van der Waals surface area (Å²) in [6.07, 6.45) is 6.65. The zero-order valence-electron chi connectivity index (χ0n) is 17.1. The van der Waals surface area contributed by atoms with Crippen LogP contribution < -0.4 is 20.1 Å². The van der Waals surface area contributed by atoms with Crippen LogP contribution in [0.25, 0.3) is 0 Å². The van der Waals surface area contributed by atoms with Crippen LogP contribution in [0.3, 0.4) is 0 Å². The maximum absolute atomic E-state index is 5.98. The van der Waals surface area contributed by atoms with Crippen LogP contribution in [0.4, 0.5) is 0 Å². The Balaban J connectivity index is 1.18. The van der Waals surface area contributed by atoms with E-state index in [2.05, 4.69) is 30.4 Å². The predicted octanol–water partition coefficient (Wildman–Crippen LogP) is 1.94. The van der Waals surface area contributed by atoms with E-state index in [-0.39, 0.29) is 6.10 Å². The first-order valence-corrected chi connectivity index (χ1v) is 10.6. The van der Waals surface area contributed by atoms with E-state index in [1.54, 1.807) is 7.05 Å². The standard InChI is InChI=1S/C21H30N6O2/c1-22-21(24-14-16-15-28-17-8-4-5-9-18(17)29-16)23-12-7-11-20-26-25-19-10-3-2-6-13-27(19)20/h4-5,8-9,16H,2-3,6-7,10-15H2,1H3,(H2,22,23,24). The zero-order valence-corrected chi connectivity index (χ0v) is 17.1. The molecule has 0 fully saturated rings. The Morgan fingerprint density at radius 3 is 2.97 bits per heavy atom. The van der Waals surface area contributed by atoms with Gasteiger partial charge in [0, 0.05) is 33.0 Å². The van der Waals surface area contributed by atoms with Gasteiger partial charge < -0.3 is 24.7 Å². The van der Waals surface area contributed by atoms with Gasteiger partial charge in [-0.2, -0.15) is 0 Å². The van der Waals surface area contributed by atoms with E-state index in [1.807, 2.05) is 24.3 Å². The minimum absolute atomic E-state index is 0.0464. The van der Waals surface area contributed by atoms with Gasteiger partial charge in [0.25, 0.3) is 0 Å². The van der Waals surface area contributed by atoms with E-state index >= 15 is 0 Å². The van der Waals surface area contributed by atoms with E-state index in [9.17, 15) is 0 Å². The molecule has 0 bridgehead atoms. The van der Waals surface area contributed by atoms with Crippen LogP contribution in [0.2, 0.25) is 0 Å². The molecule has 1 atom stereocenters. The first-order valence-electron chi connectivity index (χ1n) is 10.6. The smallest absolute Gasteiger partial charge is 0.191 e. The van der Waals surface area contributed by atoms with Crippen LogP contribution in [0.15, 0.2) is 29.3 Å². The number of guanidine groups is 1. The third-order valence-electron chi connectivity index (χ3n) is 5.34. The predicted molar refractivity (Wildman–Crippen MR) is 112 cm³/mol. The number of nitrogens with zero attached hydrogens (tertiary/aromatic N) is 4. The van der Waals surface area contributed by atoms with Gasteiger partial charge in [0.2, 0.25) is 0 Å². The molecular weight excluding hydrogens is 368 g/mol. The quantitative estimate of drug-likeness (QED) is 0.439. The second-order valence-electron chi connectivity index (χ2n) is 7.48. The van der Waals surface area contributed by atoms with E-state index in [0.717, 1.165) is 61.5 Å². The monoisotopic (exact) mass is 398 g/mol. The molecule has 0 aliphatic carbocycles. The highest BCUT2D eigenvalue weighted by atomic mass is 16.6. The summed E-state index contributed by atoms with van der Waals surface area (Å²) in [6, 6.07) is 7.75. The summed E-state index contributed by atoms with van der Waals surface area (Å²) in [7, 11) is 1.78. The molecule has 29 heavy (non-hydrogen) atoms. The summed E-state index contributed by atoms with van der Waals surface area (Å²) >= 11 is 0. The molecule has 2 N–H and O–H groups in total. The first-order chi connectivity index (χ1) is 14.3. The number of aryl methyl sites for hydroxylation is 2. The number of hydrogen-bond acceptors (Lipinski definition) is 5. The van der Waals surface area contributed by atoms with Crippen LogP contribution in [0, 0.1) is 0 Å². The number of hydrogen-bond donors (Lipinski definition) is 2. The number of nitrogens with one attached hydrogen (secondary N) is 2. The number of para-hydroxylation sites is 2. The number of fused-ring (bicyclic) bond motifs is 2. The third-order valence-corrected chi connectivity index (χ3v) is 5.34. The molecule has 4 rings (SSSR count). The molecule has 0 saturated heterocycles. The number of benzene rings is 1. The minimum atomic E-state index is -0.0464. The van der Waals surface area contributed by atoms with E-state index < -0.39 is 0 Å². The van der Waals surface area contributed by atoms with Crippen molar-refractivity contribution in [3.63, 3.8) is 0 Å². The van der Waals surface area contributed by atoms with E-state index in [4.69, 9.17) is 9.47 Å². The maximum Gasteiger partial charge on any atom is 0.191 e. The third kappa shape index (κ3) is 4.99. The van der Waals surface area contributed by atoms with Crippen molar-refractivity contribution in [1.29, 1.82) is 0 Å². The number of rotatable bonds is 6. The highest BCUT2D eigenvalue weighted by Crippen LogP contribution is 2.30. The second-order valence-corrected chi connectivity index (χ2v) is 7.48. The Morgan fingerprint density at radius 2 is 2.07 bits per heavy atom. The number of aromatic nitrogens is 3. The fourth-order valence-corrected chi connectivity index (χ4v) is 3.78. The zero-order chi connectivity index (χ0) is 19.9. The van der Waals surface area contributed by atoms with Crippen LogP contribution in [-0.4, -0.2) is 53.6 Å². The van der Waals surface area contributed by atoms with Gasteiger partial charge in [-0.15, -0.1) is 10.2 Å². The summed E-state index contributed by atoms with van der Waals surface area (Å²) in [4.78, 5) is 4.30. The molecule has 156 valence electrons. The van der Waals surface area contributed by atoms with E-state index in [1.165, 1.54) is 19.3 Å². The van der Waals surface area contributed by atoms with E-state index in [0.29, 0.717) is 13.2 Å². The van der Waals surface area contributed by atoms with Gasteiger partial charge in [-0.1, -0.05) is 18.6 Å². The highest BCUT2D eigenvalue weighted by molar-refractivity contribution is 5.79. The molecule has 3 heterocycles. The van der Waals surface area contributed by atoms with Gasteiger partial charge in [-0.3, -0.25) is 4.99 Å². The molecule has 1 aromatic carbocycles.